The van der Waals surface area contributed by atoms with Gasteiger partial charge in [-0.25, -0.2) is 4.68 Å². The summed E-state index contributed by atoms with van der Waals surface area (Å²) in [4.78, 5) is 12.2. The van der Waals surface area contributed by atoms with E-state index < -0.39 is 0 Å². The number of benzene rings is 2. The van der Waals surface area contributed by atoms with Crippen molar-refractivity contribution in [2.45, 2.75) is 24.9 Å². The standard InChI is InChI=1S/C19H19Cl2N5OS/c1-11(2)12-3-6-14(7-4-12)23-17(27)10-28-19-25-24-18(26(19)22)15-8-5-13(20)9-16(15)21/h3-9,11H,10,22H2,1-2H3,(H,23,27). The zero-order valence-corrected chi connectivity index (χ0v) is 17.6. The number of nitrogens with two attached hydrogens (primary N) is 1. The van der Waals surface area contributed by atoms with Crippen molar-refractivity contribution in [3.8, 4) is 11.4 Å². The van der Waals surface area contributed by atoms with Crippen LogP contribution in [0.2, 0.25) is 10.0 Å². The number of anilines is 1. The number of halogens is 2. The van der Waals surface area contributed by atoms with E-state index in [1.165, 1.54) is 22.0 Å². The van der Waals surface area contributed by atoms with Gasteiger partial charge in [-0.1, -0.05) is 60.9 Å². The van der Waals surface area contributed by atoms with Crippen molar-refractivity contribution in [3.05, 3.63) is 58.1 Å². The first-order chi connectivity index (χ1) is 13.3. The predicted octanol–water partition coefficient (Wildman–Crippen LogP) is 4.82. The van der Waals surface area contributed by atoms with Gasteiger partial charge in [-0.05, 0) is 41.8 Å². The average molecular weight is 436 g/mol. The molecular weight excluding hydrogens is 417 g/mol. The molecule has 1 heterocycles. The molecule has 1 aromatic heterocycles. The first kappa shape index (κ1) is 20.5. The molecule has 0 fully saturated rings. The van der Waals surface area contributed by atoms with Gasteiger partial charge in [0.25, 0.3) is 0 Å². The fourth-order valence-corrected chi connectivity index (χ4v) is 3.66. The van der Waals surface area contributed by atoms with E-state index in [0.29, 0.717) is 32.5 Å². The molecule has 0 saturated carbocycles. The van der Waals surface area contributed by atoms with E-state index in [1.807, 2.05) is 24.3 Å². The van der Waals surface area contributed by atoms with Gasteiger partial charge in [-0.2, -0.15) is 0 Å². The van der Waals surface area contributed by atoms with Gasteiger partial charge in [0.15, 0.2) is 5.82 Å². The maximum Gasteiger partial charge on any atom is 0.234 e. The summed E-state index contributed by atoms with van der Waals surface area (Å²) in [6.45, 7) is 4.25. The van der Waals surface area contributed by atoms with Crippen molar-refractivity contribution < 1.29 is 4.79 Å². The minimum atomic E-state index is -0.156. The van der Waals surface area contributed by atoms with E-state index in [0.717, 1.165) is 5.69 Å². The second-order valence-corrected chi connectivity index (χ2v) is 8.20. The summed E-state index contributed by atoms with van der Waals surface area (Å²) in [7, 11) is 0. The Bertz CT molecular complexity index is 988. The van der Waals surface area contributed by atoms with Gasteiger partial charge in [0.1, 0.15) is 0 Å². The average Bonchev–Trinajstić information content (AvgIpc) is 3.01. The first-order valence-electron chi connectivity index (χ1n) is 8.53. The molecule has 28 heavy (non-hydrogen) atoms. The summed E-state index contributed by atoms with van der Waals surface area (Å²) in [5.74, 6) is 6.91. The van der Waals surface area contributed by atoms with Gasteiger partial charge in [0.2, 0.25) is 11.1 Å². The van der Waals surface area contributed by atoms with Crippen molar-refractivity contribution in [2.24, 2.45) is 0 Å². The number of nitrogen functional groups attached to an aromatic ring is 1. The maximum absolute atomic E-state index is 12.2. The van der Waals surface area contributed by atoms with E-state index in [2.05, 4.69) is 29.4 Å². The van der Waals surface area contributed by atoms with Gasteiger partial charge in [0, 0.05) is 16.3 Å². The van der Waals surface area contributed by atoms with E-state index in [-0.39, 0.29) is 11.7 Å². The highest BCUT2D eigenvalue weighted by atomic mass is 35.5. The molecule has 9 heteroatoms. The summed E-state index contributed by atoms with van der Waals surface area (Å²) < 4.78 is 1.31. The molecule has 0 spiro atoms. The van der Waals surface area contributed by atoms with Crippen molar-refractivity contribution in [1.82, 2.24) is 14.9 Å². The highest BCUT2D eigenvalue weighted by molar-refractivity contribution is 7.99. The number of nitrogens with one attached hydrogen (secondary N) is 1. The summed E-state index contributed by atoms with van der Waals surface area (Å²) >= 11 is 13.3. The third-order valence-corrected chi connectivity index (χ3v) is 5.52. The van der Waals surface area contributed by atoms with Crippen LogP contribution >= 0.6 is 35.0 Å². The minimum absolute atomic E-state index is 0.148. The summed E-state index contributed by atoms with van der Waals surface area (Å²) in [6.07, 6.45) is 0. The van der Waals surface area contributed by atoms with Crippen molar-refractivity contribution in [3.63, 3.8) is 0 Å². The van der Waals surface area contributed by atoms with Crippen LogP contribution in [0, 0.1) is 0 Å². The lowest BCUT2D eigenvalue weighted by Gasteiger charge is -2.08. The van der Waals surface area contributed by atoms with Gasteiger partial charge in [-0.15, -0.1) is 10.2 Å². The first-order valence-corrected chi connectivity index (χ1v) is 10.3. The Kier molecular flexibility index (Phi) is 6.49. The number of thioether (sulfide) groups is 1. The van der Waals surface area contributed by atoms with Crippen LogP contribution in [0.15, 0.2) is 47.6 Å². The zero-order valence-electron chi connectivity index (χ0n) is 15.3. The summed E-state index contributed by atoms with van der Waals surface area (Å²) in [5, 5.41) is 12.3. The van der Waals surface area contributed by atoms with Crippen LogP contribution in [0.5, 0.6) is 0 Å². The Morgan fingerprint density at radius 3 is 2.54 bits per heavy atom. The van der Waals surface area contributed by atoms with Crippen LogP contribution in [-0.2, 0) is 4.79 Å². The predicted molar refractivity (Wildman–Crippen MR) is 116 cm³/mol. The van der Waals surface area contributed by atoms with E-state index in [9.17, 15) is 4.79 Å². The normalized spacial score (nSPS) is 11.0. The molecule has 3 aromatic rings. The number of hydrogen-bond donors (Lipinski definition) is 2. The number of aromatic nitrogens is 3. The van der Waals surface area contributed by atoms with Gasteiger partial charge in [-0.3, -0.25) is 4.79 Å². The second kappa shape index (κ2) is 8.86. The molecule has 0 aliphatic heterocycles. The lowest BCUT2D eigenvalue weighted by Crippen LogP contribution is -2.16. The summed E-state index contributed by atoms with van der Waals surface area (Å²) in [6, 6.07) is 12.8. The zero-order chi connectivity index (χ0) is 20.3. The molecule has 0 aliphatic carbocycles. The van der Waals surface area contributed by atoms with Gasteiger partial charge >= 0.3 is 0 Å². The maximum atomic E-state index is 12.2. The lowest BCUT2D eigenvalue weighted by atomic mass is 10.0. The molecule has 0 unspecified atom stereocenters. The van der Waals surface area contributed by atoms with E-state index in [4.69, 9.17) is 29.0 Å². The smallest absolute Gasteiger partial charge is 0.234 e. The van der Waals surface area contributed by atoms with Crippen LogP contribution in [0.3, 0.4) is 0 Å². The second-order valence-electron chi connectivity index (χ2n) is 6.41. The Labute approximate surface area is 177 Å². The molecule has 0 radical (unpaired) electrons. The third kappa shape index (κ3) is 4.79. The molecule has 6 nitrogen and oxygen atoms in total. The topological polar surface area (TPSA) is 85.8 Å². The molecular formula is C19H19Cl2N5OS. The molecule has 3 N–H and O–H groups in total. The number of nitrogens with zero attached hydrogens (tertiary/aromatic N) is 3. The number of carbonyl (C=O) groups is 1. The van der Waals surface area contributed by atoms with Crippen LogP contribution in [0.1, 0.15) is 25.3 Å². The fraction of sp³-hybridized carbons (Fsp3) is 0.211. The molecule has 3 rings (SSSR count). The van der Waals surface area contributed by atoms with Crippen molar-refractivity contribution >= 4 is 46.6 Å². The van der Waals surface area contributed by atoms with Gasteiger partial charge < -0.3 is 11.2 Å². The fourth-order valence-electron chi connectivity index (χ4n) is 2.51. The monoisotopic (exact) mass is 435 g/mol. The molecule has 0 atom stereocenters. The minimum Gasteiger partial charge on any atom is -0.335 e. The highest BCUT2D eigenvalue weighted by Crippen LogP contribution is 2.30. The van der Waals surface area contributed by atoms with E-state index >= 15 is 0 Å². The quantitative estimate of drug-likeness (QED) is 0.428. The number of amides is 1. The lowest BCUT2D eigenvalue weighted by molar-refractivity contribution is -0.113. The van der Waals surface area contributed by atoms with Crippen molar-refractivity contribution in [1.29, 1.82) is 0 Å². The van der Waals surface area contributed by atoms with Gasteiger partial charge in [0.05, 0.1) is 10.8 Å². The van der Waals surface area contributed by atoms with Crippen LogP contribution in [0.25, 0.3) is 11.4 Å². The van der Waals surface area contributed by atoms with Crippen LogP contribution in [0.4, 0.5) is 5.69 Å². The number of hydrogen-bond acceptors (Lipinski definition) is 5. The molecule has 0 bridgehead atoms. The summed E-state index contributed by atoms with van der Waals surface area (Å²) in [5.41, 5.74) is 2.58. The largest absolute Gasteiger partial charge is 0.335 e. The number of carbonyl (C=O) groups excluding carboxylic acids is 1. The van der Waals surface area contributed by atoms with Crippen LogP contribution < -0.4 is 11.2 Å². The Morgan fingerprint density at radius 2 is 1.89 bits per heavy atom. The molecule has 2 aromatic carbocycles. The molecule has 0 saturated heterocycles. The number of rotatable bonds is 6. The Balaban J connectivity index is 1.63. The molecule has 146 valence electrons. The third-order valence-electron chi connectivity index (χ3n) is 4.03. The SMILES string of the molecule is CC(C)c1ccc(NC(=O)CSc2nnc(-c3ccc(Cl)cc3Cl)n2N)cc1. The Morgan fingerprint density at radius 1 is 1.18 bits per heavy atom. The van der Waals surface area contributed by atoms with Crippen LogP contribution in [-0.4, -0.2) is 26.5 Å². The molecule has 0 aliphatic rings. The van der Waals surface area contributed by atoms with E-state index in [1.54, 1.807) is 18.2 Å². The molecule has 1 amide bonds. The highest BCUT2D eigenvalue weighted by Gasteiger charge is 2.16. The van der Waals surface area contributed by atoms with Crippen molar-refractivity contribution in [2.75, 3.05) is 16.9 Å². The Hall–Kier alpha value is -2.22.